The fourth-order valence-corrected chi connectivity index (χ4v) is 4.62. The van der Waals surface area contributed by atoms with Gasteiger partial charge in [-0.3, -0.25) is 9.88 Å². The van der Waals surface area contributed by atoms with Crippen molar-refractivity contribution in [2.45, 2.75) is 57.8 Å². The lowest BCUT2D eigenvalue weighted by molar-refractivity contribution is 0.0378. The predicted molar refractivity (Wildman–Crippen MR) is 108 cm³/mol. The summed E-state index contributed by atoms with van der Waals surface area (Å²) in [7, 11) is 0. The van der Waals surface area contributed by atoms with E-state index < -0.39 is 5.60 Å². The first-order chi connectivity index (χ1) is 13.0. The van der Waals surface area contributed by atoms with Crippen LogP contribution in [0.4, 0.5) is 0 Å². The summed E-state index contributed by atoms with van der Waals surface area (Å²) in [5.74, 6) is 0. The highest BCUT2D eigenvalue weighted by Gasteiger charge is 2.35. The largest absolute Gasteiger partial charge is 0.384 e. The maximum absolute atomic E-state index is 11.3. The number of aryl methyl sites for hydroxylation is 1. The summed E-state index contributed by atoms with van der Waals surface area (Å²) in [5.41, 5.74) is 5.40. The van der Waals surface area contributed by atoms with Gasteiger partial charge in [-0.2, -0.15) is 0 Å². The van der Waals surface area contributed by atoms with Gasteiger partial charge in [0.25, 0.3) is 0 Å². The van der Waals surface area contributed by atoms with Crippen LogP contribution in [0.1, 0.15) is 42.1 Å². The average molecular weight is 361 g/mol. The second-order valence-corrected chi connectivity index (χ2v) is 8.49. The summed E-state index contributed by atoms with van der Waals surface area (Å²) < 4.78 is 2.37. The van der Waals surface area contributed by atoms with Gasteiger partial charge in [-0.1, -0.05) is 11.6 Å². The third-order valence-corrected chi connectivity index (χ3v) is 6.28. The third kappa shape index (κ3) is 2.97. The topological polar surface area (TPSA) is 41.3 Å². The van der Waals surface area contributed by atoms with Crippen LogP contribution >= 0.6 is 0 Å². The van der Waals surface area contributed by atoms with E-state index in [-0.39, 0.29) is 0 Å². The van der Waals surface area contributed by atoms with Gasteiger partial charge in [-0.25, -0.2) is 0 Å². The van der Waals surface area contributed by atoms with E-state index in [4.69, 9.17) is 0 Å². The number of hydrogen-bond donors (Lipinski definition) is 1. The Bertz CT molecular complexity index is 986. The molecule has 4 nitrogen and oxygen atoms in total. The van der Waals surface area contributed by atoms with Crippen LogP contribution in [0, 0.1) is 6.92 Å². The summed E-state index contributed by atoms with van der Waals surface area (Å²) in [5, 5.41) is 12.7. The van der Waals surface area contributed by atoms with Crippen molar-refractivity contribution in [2.75, 3.05) is 6.54 Å². The summed E-state index contributed by atoms with van der Waals surface area (Å²) >= 11 is 0. The molecule has 0 amide bonds. The van der Waals surface area contributed by atoms with Crippen LogP contribution in [0.25, 0.3) is 10.9 Å². The Labute approximate surface area is 160 Å². The van der Waals surface area contributed by atoms with Crippen LogP contribution in [0.15, 0.2) is 42.7 Å². The van der Waals surface area contributed by atoms with E-state index in [1.807, 2.05) is 19.1 Å². The molecule has 1 aromatic carbocycles. The number of fused-ring (bicyclic) bond motifs is 3. The zero-order chi connectivity index (χ0) is 18.6. The van der Waals surface area contributed by atoms with Crippen molar-refractivity contribution < 1.29 is 5.11 Å². The molecule has 0 radical (unpaired) electrons. The number of aromatic nitrogens is 2. The fraction of sp³-hybridized carbons (Fsp3) is 0.435. The van der Waals surface area contributed by atoms with Crippen molar-refractivity contribution >= 4 is 10.9 Å². The third-order valence-electron chi connectivity index (χ3n) is 6.28. The fourth-order valence-electron chi connectivity index (χ4n) is 4.62. The van der Waals surface area contributed by atoms with Crippen molar-refractivity contribution in [1.82, 2.24) is 14.5 Å². The maximum Gasteiger partial charge on any atom is 0.105 e. The Morgan fingerprint density at radius 3 is 2.70 bits per heavy atom. The molecule has 1 unspecified atom stereocenters. The molecule has 1 fully saturated rings. The quantitative estimate of drug-likeness (QED) is 0.769. The van der Waals surface area contributed by atoms with Gasteiger partial charge in [0, 0.05) is 48.1 Å². The van der Waals surface area contributed by atoms with Crippen LogP contribution in [0.3, 0.4) is 0 Å². The number of hydrogen-bond acceptors (Lipinski definition) is 3. The standard InChI is InChI=1S/C23H27N3O/c1-16-3-6-21-20(13-16)19-9-12-25(18-4-5-18)14-22(19)26(21)15-23(2,27)17-7-10-24-11-8-17/h3,6-8,10-11,13,18,27H,4-5,9,12,14-15H2,1-2H3. The second kappa shape index (κ2) is 6.18. The molecule has 1 saturated carbocycles. The van der Waals surface area contributed by atoms with Gasteiger partial charge in [-0.05, 0) is 68.5 Å². The molecule has 0 spiro atoms. The SMILES string of the molecule is Cc1ccc2c(c1)c1c(n2CC(C)(O)c2ccncc2)CN(C2CC2)CC1. The van der Waals surface area contributed by atoms with Crippen LogP contribution < -0.4 is 0 Å². The van der Waals surface area contributed by atoms with Crippen LogP contribution in [0.2, 0.25) is 0 Å². The highest BCUT2D eigenvalue weighted by Crippen LogP contribution is 2.37. The minimum atomic E-state index is -0.935. The van der Waals surface area contributed by atoms with Crippen molar-refractivity contribution in [1.29, 1.82) is 0 Å². The Morgan fingerprint density at radius 2 is 1.96 bits per heavy atom. The molecule has 2 aliphatic rings. The van der Waals surface area contributed by atoms with Gasteiger partial charge in [-0.15, -0.1) is 0 Å². The Morgan fingerprint density at radius 1 is 1.19 bits per heavy atom. The van der Waals surface area contributed by atoms with Crippen LogP contribution in [0.5, 0.6) is 0 Å². The molecular weight excluding hydrogens is 334 g/mol. The molecule has 2 aromatic heterocycles. The second-order valence-electron chi connectivity index (χ2n) is 8.49. The van der Waals surface area contributed by atoms with Crippen LogP contribution in [-0.2, 0) is 25.1 Å². The monoisotopic (exact) mass is 361 g/mol. The summed E-state index contributed by atoms with van der Waals surface area (Å²) in [6, 6.07) is 11.3. The van der Waals surface area contributed by atoms with E-state index in [1.54, 1.807) is 12.4 Å². The minimum Gasteiger partial charge on any atom is -0.384 e. The molecule has 1 aliphatic carbocycles. The van der Waals surface area contributed by atoms with E-state index in [0.29, 0.717) is 6.54 Å². The zero-order valence-electron chi connectivity index (χ0n) is 16.2. The van der Waals surface area contributed by atoms with Crippen LogP contribution in [-0.4, -0.2) is 32.1 Å². The normalized spacial score (nSPS) is 19.8. The van der Waals surface area contributed by atoms with Gasteiger partial charge in [0.15, 0.2) is 0 Å². The molecule has 3 heterocycles. The van der Waals surface area contributed by atoms with Gasteiger partial charge in [0.1, 0.15) is 5.60 Å². The zero-order valence-corrected chi connectivity index (χ0v) is 16.2. The Kier molecular flexibility index (Phi) is 3.88. The molecule has 1 aliphatic heterocycles. The van der Waals surface area contributed by atoms with Crippen molar-refractivity contribution in [3.05, 3.63) is 65.1 Å². The first-order valence-corrected chi connectivity index (χ1v) is 10.0. The lowest BCUT2D eigenvalue weighted by Gasteiger charge is -2.31. The molecule has 0 saturated heterocycles. The molecule has 0 bridgehead atoms. The van der Waals surface area contributed by atoms with Crippen molar-refractivity contribution in [3.8, 4) is 0 Å². The maximum atomic E-state index is 11.3. The molecular formula is C23H27N3O. The number of nitrogens with zero attached hydrogens (tertiary/aromatic N) is 3. The highest BCUT2D eigenvalue weighted by atomic mass is 16.3. The van der Waals surface area contributed by atoms with E-state index in [9.17, 15) is 5.11 Å². The number of benzene rings is 1. The Hall–Kier alpha value is -2.17. The molecule has 27 heavy (non-hydrogen) atoms. The Balaban J connectivity index is 1.61. The molecule has 140 valence electrons. The first kappa shape index (κ1) is 17.0. The summed E-state index contributed by atoms with van der Waals surface area (Å²) in [6.45, 7) is 6.79. The number of pyridine rings is 1. The highest BCUT2D eigenvalue weighted by molar-refractivity contribution is 5.86. The average Bonchev–Trinajstić information content (AvgIpc) is 3.48. The van der Waals surface area contributed by atoms with E-state index in [1.165, 1.54) is 40.6 Å². The molecule has 5 rings (SSSR count). The van der Waals surface area contributed by atoms with Crippen molar-refractivity contribution in [2.24, 2.45) is 0 Å². The molecule has 1 N–H and O–H groups in total. The minimum absolute atomic E-state index is 0.560. The van der Waals surface area contributed by atoms with E-state index in [2.05, 4.69) is 39.6 Å². The van der Waals surface area contributed by atoms with Gasteiger partial charge in [0.2, 0.25) is 0 Å². The van der Waals surface area contributed by atoms with Gasteiger partial charge < -0.3 is 9.67 Å². The number of rotatable bonds is 4. The lowest BCUT2D eigenvalue weighted by Crippen LogP contribution is -2.35. The summed E-state index contributed by atoms with van der Waals surface area (Å²) in [4.78, 5) is 6.73. The molecule has 1 atom stereocenters. The summed E-state index contributed by atoms with van der Waals surface area (Å²) in [6.07, 6.45) is 7.29. The smallest absolute Gasteiger partial charge is 0.105 e. The number of aliphatic hydroxyl groups is 1. The van der Waals surface area contributed by atoms with Crippen molar-refractivity contribution in [3.63, 3.8) is 0 Å². The first-order valence-electron chi connectivity index (χ1n) is 10.0. The predicted octanol–water partition coefficient (Wildman–Crippen LogP) is 3.77. The lowest BCUT2D eigenvalue weighted by atomic mass is 9.97. The van der Waals surface area contributed by atoms with Gasteiger partial charge >= 0.3 is 0 Å². The molecule has 3 aromatic rings. The van der Waals surface area contributed by atoms with E-state index in [0.717, 1.165) is 31.1 Å². The van der Waals surface area contributed by atoms with E-state index >= 15 is 0 Å². The van der Waals surface area contributed by atoms with Gasteiger partial charge in [0.05, 0.1) is 6.54 Å². The molecule has 4 heteroatoms.